The molecule has 0 aliphatic carbocycles. The number of unbranched alkanes of at least 4 members (excludes halogenated alkanes) is 1. The van der Waals surface area contributed by atoms with Crippen molar-refractivity contribution in [2.45, 2.75) is 32.7 Å². The monoisotopic (exact) mass is 332 g/mol. The highest BCUT2D eigenvalue weighted by atomic mass is 35.5. The number of hydrogen-bond acceptors (Lipinski definition) is 3. The Hall–Kier alpha value is -2.07. The summed E-state index contributed by atoms with van der Waals surface area (Å²) < 4.78 is 5.67. The molecule has 0 aliphatic heterocycles. The highest BCUT2D eigenvalue weighted by molar-refractivity contribution is 6.29. The molecule has 23 heavy (non-hydrogen) atoms. The first-order valence-corrected chi connectivity index (χ1v) is 8.14. The molecule has 0 unspecified atom stereocenters. The molecule has 0 radical (unpaired) electrons. The number of ether oxygens (including phenoxy) is 1. The van der Waals surface area contributed by atoms with Crippen LogP contribution in [0.1, 0.15) is 30.9 Å². The van der Waals surface area contributed by atoms with Crippen LogP contribution in [0.3, 0.4) is 0 Å². The number of hydrogen-bond donors (Lipinski definition) is 1. The van der Waals surface area contributed by atoms with Crippen molar-refractivity contribution in [2.24, 2.45) is 0 Å². The summed E-state index contributed by atoms with van der Waals surface area (Å²) in [5, 5.41) is 3.33. The Morgan fingerprint density at radius 1 is 1.26 bits per heavy atom. The maximum absolute atomic E-state index is 12.0. The maximum Gasteiger partial charge on any atom is 0.224 e. The number of benzene rings is 1. The van der Waals surface area contributed by atoms with Gasteiger partial charge in [-0.3, -0.25) is 4.79 Å². The van der Waals surface area contributed by atoms with Gasteiger partial charge in [0.15, 0.2) is 0 Å². The third-order valence-electron chi connectivity index (χ3n) is 3.31. The van der Waals surface area contributed by atoms with Gasteiger partial charge in [0.1, 0.15) is 10.9 Å². The van der Waals surface area contributed by atoms with Crippen molar-refractivity contribution in [2.75, 3.05) is 6.61 Å². The Bertz CT molecular complexity index is 629. The van der Waals surface area contributed by atoms with Gasteiger partial charge in [0.05, 0.1) is 13.0 Å². The number of nitrogens with one attached hydrogen (secondary N) is 1. The van der Waals surface area contributed by atoms with E-state index in [1.54, 1.807) is 18.3 Å². The first-order chi connectivity index (χ1) is 11.2. The number of aromatic nitrogens is 1. The fourth-order valence-corrected chi connectivity index (χ4v) is 2.15. The van der Waals surface area contributed by atoms with Crippen LogP contribution in [-0.4, -0.2) is 17.5 Å². The van der Waals surface area contributed by atoms with Gasteiger partial charge < -0.3 is 10.1 Å². The normalized spacial score (nSPS) is 10.3. The molecule has 122 valence electrons. The van der Waals surface area contributed by atoms with Gasteiger partial charge in [-0.05, 0) is 35.7 Å². The lowest BCUT2D eigenvalue weighted by atomic mass is 10.2. The molecule has 0 fully saturated rings. The van der Waals surface area contributed by atoms with Gasteiger partial charge in [-0.1, -0.05) is 43.1 Å². The number of pyridine rings is 1. The third-order valence-corrected chi connectivity index (χ3v) is 3.53. The van der Waals surface area contributed by atoms with E-state index in [0.717, 1.165) is 36.3 Å². The second-order valence-electron chi connectivity index (χ2n) is 5.29. The summed E-state index contributed by atoms with van der Waals surface area (Å²) in [6.07, 6.45) is 4.05. The molecule has 1 heterocycles. The third kappa shape index (κ3) is 6.28. The van der Waals surface area contributed by atoms with Crippen LogP contribution >= 0.6 is 11.6 Å². The Morgan fingerprint density at radius 3 is 2.87 bits per heavy atom. The first kappa shape index (κ1) is 17.3. The van der Waals surface area contributed by atoms with Gasteiger partial charge in [0.2, 0.25) is 5.91 Å². The molecule has 4 nitrogen and oxygen atoms in total. The van der Waals surface area contributed by atoms with Crippen LogP contribution < -0.4 is 10.1 Å². The molecule has 0 saturated heterocycles. The minimum absolute atomic E-state index is 0.0496. The van der Waals surface area contributed by atoms with E-state index in [-0.39, 0.29) is 12.3 Å². The summed E-state index contributed by atoms with van der Waals surface area (Å²) >= 11 is 5.73. The highest BCUT2D eigenvalue weighted by Crippen LogP contribution is 2.14. The lowest BCUT2D eigenvalue weighted by molar-refractivity contribution is -0.120. The Labute approximate surface area is 141 Å². The minimum atomic E-state index is -0.0496. The summed E-state index contributed by atoms with van der Waals surface area (Å²) in [4.78, 5) is 15.9. The van der Waals surface area contributed by atoms with Crippen molar-refractivity contribution < 1.29 is 9.53 Å². The van der Waals surface area contributed by atoms with Gasteiger partial charge in [-0.25, -0.2) is 4.98 Å². The number of carbonyl (C=O) groups is 1. The topological polar surface area (TPSA) is 51.2 Å². The van der Waals surface area contributed by atoms with E-state index >= 15 is 0 Å². The number of rotatable bonds is 8. The van der Waals surface area contributed by atoms with Crippen LogP contribution in [0.15, 0.2) is 42.6 Å². The van der Waals surface area contributed by atoms with E-state index in [1.165, 1.54) is 0 Å². The molecule has 2 aromatic rings. The van der Waals surface area contributed by atoms with Crippen LogP contribution in [0, 0.1) is 0 Å². The van der Waals surface area contributed by atoms with E-state index in [0.29, 0.717) is 11.7 Å². The van der Waals surface area contributed by atoms with Gasteiger partial charge in [-0.2, -0.15) is 0 Å². The highest BCUT2D eigenvalue weighted by Gasteiger charge is 2.04. The second-order valence-corrected chi connectivity index (χ2v) is 5.68. The number of halogens is 1. The van der Waals surface area contributed by atoms with Crippen molar-refractivity contribution in [1.29, 1.82) is 0 Å². The molecule has 2 rings (SSSR count). The predicted molar refractivity (Wildman–Crippen MR) is 91.6 cm³/mol. The molecule has 1 aromatic heterocycles. The van der Waals surface area contributed by atoms with E-state index in [9.17, 15) is 4.79 Å². The van der Waals surface area contributed by atoms with Gasteiger partial charge in [0, 0.05) is 12.7 Å². The SMILES string of the molecule is CCCCOc1cccc(CNC(=O)Cc2ccc(Cl)nc2)c1. The fraction of sp³-hybridized carbons (Fsp3) is 0.333. The number of nitrogens with zero attached hydrogens (tertiary/aromatic N) is 1. The molecule has 5 heteroatoms. The molecule has 0 atom stereocenters. The van der Waals surface area contributed by atoms with Crippen molar-refractivity contribution in [3.8, 4) is 5.75 Å². The zero-order valence-corrected chi connectivity index (χ0v) is 14.0. The Morgan fingerprint density at radius 2 is 2.13 bits per heavy atom. The van der Waals surface area contributed by atoms with Gasteiger partial charge in [-0.15, -0.1) is 0 Å². The van der Waals surface area contributed by atoms with Crippen molar-refractivity contribution in [3.05, 3.63) is 58.9 Å². The average molecular weight is 333 g/mol. The smallest absolute Gasteiger partial charge is 0.224 e. The molecule has 0 bridgehead atoms. The standard InChI is InChI=1S/C18H21ClN2O2/c1-2-3-9-23-16-6-4-5-14(10-16)13-21-18(22)11-15-7-8-17(19)20-12-15/h4-8,10,12H,2-3,9,11,13H2,1H3,(H,21,22). The Balaban J connectivity index is 1.81. The van der Waals surface area contributed by atoms with E-state index < -0.39 is 0 Å². The first-order valence-electron chi connectivity index (χ1n) is 7.76. The molecule has 0 saturated carbocycles. The van der Waals surface area contributed by atoms with Crippen molar-refractivity contribution in [3.63, 3.8) is 0 Å². The lowest BCUT2D eigenvalue weighted by Gasteiger charge is -2.09. The van der Waals surface area contributed by atoms with E-state index in [1.807, 2.05) is 24.3 Å². The summed E-state index contributed by atoms with van der Waals surface area (Å²) in [7, 11) is 0. The molecule has 1 aromatic carbocycles. The molecule has 1 amide bonds. The summed E-state index contributed by atoms with van der Waals surface area (Å²) in [5.74, 6) is 0.790. The molecular formula is C18H21ClN2O2. The fourth-order valence-electron chi connectivity index (χ4n) is 2.04. The second kappa shape index (κ2) is 9.16. The largest absolute Gasteiger partial charge is 0.494 e. The molecule has 0 spiro atoms. The number of carbonyl (C=O) groups excluding carboxylic acids is 1. The maximum atomic E-state index is 12.0. The molecular weight excluding hydrogens is 312 g/mol. The number of amides is 1. The summed E-state index contributed by atoms with van der Waals surface area (Å²) in [6.45, 7) is 3.33. The van der Waals surface area contributed by atoms with Crippen LogP contribution in [0.25, 0.3) is 0 Å². The molecule has 0 aliphatic rings. The van der Waals surface area contributed by atoms with Crippen LogP contribution in [0.5, 0.6) is 5.75 Å². The molecule has 1 N–H and O–H groups in total. The van der Waals surface area contributed by atoms with Crippen molar-refractivity contribution in [1.82, 2.24) is 10.3 Å². The average Bonchev–Trinajstić information content (AvgIpc) is 2.56. The van der Waals surface area contributed by atoms with E-state index in [2.05, 4.69) is 17.2 Å². The van der Waals surface area contributed by atoms with Crippen LogP contribution in [-0.2, 0) is 17.8 Å². The minimum Gasteiger partial charge on any atom is -0.494 e. The van der Waals surface area contributed by atoms with E-state index in [4.69, 9.17) is 16.3 Å². The van der Waals surface area contributed by atoms with Crippen LogP contribution in [0.2, 0.25) is 5.15 Å². The van der Waals surface area contributed by atoms with Crippen LogP contribution in [0.4, 0.5) is 0 Å². The van der Waals surface area contributed by atoms with Gasteiger partial charge >= 0.3 is 0 Å². The summed E-state index contributed by atoms with van der Waals surface area (Å²) in [5.41, 5.74) is 1.85. The zero-order chi connectivity index (χ0) is 16.5. The zero-order valence-electron chi connectivity index (χ0n) is 13.2. The summed E-state index contributed by atoms with van der Waals surface area (Å²) in [6, 6.07) is 11.3. The van der Waals surface area contributed by atoms with Crippen molar-refractivity contribution >= 4 is 17.5 Å². The predicted octanol–water partition coefficient (Wildman–Crippen LogP) is 3.77. The van der Waals surface area contributed by atoms with Gasteiger partial charge in [0.25, 0.3) is 0 Å². The quantitative estimate of drug-likeness (QED) is 0.591. The lowest BCUT2D eigenvalue weighted by Crippen LogP contribution is -2.24. The Kier molecular flexibility index (Phi) is 6.88.